The molecular formula is C12H16FNO2S. The van der Waals surface area contributed by atoms with E-state index in [9.17, 15) is 12.8 Å². The predicted octanol–water partition coefficient (Wildman–Crippen LogP) is 1.87. The molecule has 0 aromatic heterocycles. The van der Waals surface area contributed by atoms with E-state index in [2.05, 4.69) is 0 Å². The summed E-state index contributed by atoms with van der Waals surface area (Å²) in [6, 6.07) is 4.71. The van der Waals surface area contributed by atoms with Gasteiger partial charge in [0.1, 0.15) is 5.82 Å². The standard InChI is InChI=1S/C12H16FNO2S/c1-9(14)12(6-3-7-12)17(15,16)11-5-2-4-10(13)8-11/h2,4-5,8-9H,3,6-7,14H2,1H3. The molecule has 0 aliphatic heterocycles. The average Bonchev–Trinajstić information content (AvgIpc) is 2.14. The van der Waals surface area contributed by atoms with Gasteiger partial charge in [-0.3, -0.25) is 0 Å². The Morgan fingerprint density at radius 3 is 2.47 bits per heavy atom. The minimum atomic E-state index is -3.55. The van der Waals surface area contributed by atoms with Crippen molar-refractivity contribution < 1.29 is 12.8 Å². The number of benzene rings is 1. The van der Waals surface area contributed by atoms with E-state index in [4.69, 9.17) is 5.73 Å². The SMILES string of the molecule is CC(N)C1(S(=O)(=O)c2cccc(F)c2)CCC1. The number of rotatable bonds is 3. The van der Waals surface area contributed by atoms with Crippen LogP contribution in [0.5, 0.6) is 0 Å². The fraction of sp³-hybridized carbons (Fsp3) is 0.500. The van der Waals surface area contributed by atoms with Crippen molar-refractivity contribution in [2.24, 2.45) is 5.73 Å². The van der Waals surface area contributed by atoms with Crippen LogP contribution >= 0.6 is 0 Å². The first-order chi connectivity index (χ1) is 7.90. The summed E-state index contributed by atoms with van der Waals surface area (Å²) in [5.41, 5.74) is 5.82. The molecule has 0 amide bonds. The Labute approximate surface area is 101 Å². The molecule has 1 fully saturated rings. The summed E-state index contributed by atoms with van der Waals surface area (Å²) in [6.07, 6.45) is 1.98. The van der Waals surface area contributed by atoms with E-state index in [1.807, 2.05) is 0 Å². The lowest BCUT2D eigenvalue weighted by Gasteiger charge is -2.44. The van der Waals surface area contributed by atoms with E-state index in [1.54, 1.807) is 6.92 Å². The first-order valence-electron chi connectivity index (χ1n) is 5.66. The summed E-state index contributed by atoms with van der Waals surface area (Å²) in [6.45, 7) is 1.70. The molecule has 5 heteroatoms. The van der Waals surface area contributed by atoms with Crippen LogP contribution in [0.15, 0.2) is 29.2 Å². The van der Waals surface area contributed by atoms with Crippen molar-refractivity contribution in [3.05, 3.63) is 30.1 Å². The molecule has 3 nitrogen and oxygen atoms in total. The van der Waals surface area contributed by atoms with Gasteiger partial charge < -0.3 is 5.73 Å². The van der Waals surface area contributed by atoms with Crippen molar-refractivity contribution in [2.45, 2.75) is 41.9 Å². The highest BCUT2D eigenvalue weighted by atomic mass is 32.2. The molecule has 0 bridgehead atoms. The fourth-order valence-corrected chi connectivity index (χ4v) is 4.67. The summed E-state index contributed by atoms with van der Waals surface area (Å²) in [7, 11) is -3.55. The number of hydrogen-bond acceptors (Lipinski definition) is 3. The van der Waals surface area contributed by atoms with Gasteiger partial charge in [-0.05, 0) is 38.0 Å². The van der Waals surface area contributed by atoms with E-state index in [-0.39, 0.29) is 4.90 Å². The Morgan fingerprint density at radius 1 is 1.41 bits per heavy atom. The Hall–Kier alpha value is -0.940. The molecule has 0 saturated heterocycles. The number of nitrogens with two attached hydrogens (primary N) is 1. The highest BCUT2D eigenvalue weighted by molar-refractivity contribution is 7.93. The molecule has 94 valence electrons. The van der Waals surface area contributed by atoms with Crippen molar-refractivity contribution in [3.63, 3.8) is 0 Å². The van der Waals surface area contributed by atoms with Gasteiger partial charge in [-0.2, -0.15) is 0 Å². The summed E-state index contributed by atoms with van der Waals surface area (Å²) in [5.74, 6) is -0.537. The van der Waals surface area contributed by atoms with Crippen LogP contribution in [0.3, 0.4) is 0 Å². The van der Waals surface area contributed by atoms with E-state index >= 15 is 0 Å². The lowest BCUT2D eigenvalue weighted by molar-refractivity contribution is 0.296. The predicted molar refractivity (Wildman–Crippen MR) is 63.8 cm³/mol. The van der Waals surface area contributed by atoms with E-state index < -0.39 is 26.4 Å². The lowest BCUT2D eigenvalue weighted by atomic mass is 9.79. The topological polar surface area (TPSA) is 60.2 Å². The normalized spacial score (nSPS) is 20.6. The number of sulfone groups is 1. The number of hydrogen-bond donors (Lipinski definition) is 1. The van der Waals surface area contributed by atoms with Crippen LogP contribution in [0, 0.1) is 5.82 Å². The quantitative estimate of drug-likeness (QED) is 0.899. The second-order valence-corrected chi connectivity index (χ2v) is 6.96. The van der Waals surface area contributed by atoms with Crippen LogP contribution in [0.25, 0.3) is 0 Å². The van der Waals surface area contributed by atoms with E-state index in [0.717, 1.165) is 12.5 Å². The summed E-state index contributed by atoms with van der Waals surface area (Å²) < 4.78 is 37.2. The third-order valence-electron chi connectivity index (χ3n) is 3.67. The van der Waals surface area contributed by atoms with Gasteiger partial charge in [0.05, 0.1) is 9.64 Å². The van der Waals surface area contributed by atoms with Crippen molar-refractivity contribution >= 4 is 9.84 Å². The van der Waals surface area contributed by atoms with Crippen LogP contribution in [-0.2, 0) is 9.84 Å². The van der Waals surface area contributed by atoms with Gasteiger partial charge in [0.25, 0.3) is 0 Å². The third-order valence-corrected chi connectivity index (χ3v) is 6.40. The Balaban J connectivity index is 2.50. The first kappa shape index (κ1) is 12.5. The van der Waals surface area contributed by atoms with Gasteiger partial charge in [0, 0.05) is 6.04 Å². The zero-order chi connectivity index (χ0) is 12.7. The smallest absolute Gasteiger partial charge is 0.185 e. The molecule has 2 N–H and O–H groups in total. The third kappa shape index (κ3) is 1.77. The zero-order valence-electron chi connectivity index (χ0n) is 9.69. The van der Waals surface area contributed by atoms with Crippen LogP contribution in [-0.4, -0.2) is 19.2 Å². The average molecular weight is 257 g/mol. The molecule has 1 aromatic rings. The molecule has 1 atom stereocenters. The summed E-state index contributed by atoms with van der Waals surface area (Å²) in [4.78, 5) is 0.0366. The maximum Gasteiger partial charge on any atom is 0.185 e. The van der Waals surface area contributed by atoms with Gasteiger partial charge in [-0.1, -0.05) is 12.5 Å². The van der Waals surface area contributed by atoms with Crippen molar-refractivity contribution in [2.75, 3.05) is 0 Å². The van der Waals surface area contributed by atoms with Gasteiger partial charge in [0.2, 0.25) is 0 Å². The minimum absolute atomic E-state index is 0.0366. The van der Waals surface area contributed by atoms with Crippen molar-refractivity contribution in [3.8, 4) is 0 Å². The molecule has 2 rings (SSSR count). The summed E-state index contributed by atoms with van der Waals surface area (Å²) >= 11 is 0. The van der Waals surface area contributed by atoms with Crippen LogP contribution < -0.4 is 5.73 Å². The highest BCUT2D eigenvalue weighted by Crippen LogP contribution is 2.44. The lowest BCUT2D eigenvalue weighted by Crippen LogP contribution is -2.56. The molecule has 1 aliphatic carbocycles. The van der Waals surface area contributed by atoms with E-state index in [1.165, 1.54) is 18.2 Å². The molecule has 17 heavy (non-hydrogen) atoms. The zero-order valence-corrected chi connectivity index (χ0v) is 10.5. The van der Waals surface area contributed by atoms with E-state index in [0.29, 0.717) is 12.8 Å². The Bertz CT molecular complexity index is 521. The molecule has 0 spiro atoms. The summed E-state index contributed by atoms with van der Waals surface area (Å²) in [5, 5.41) is 0. The molecule has 1 aromatic carbocycles. The molecule has 1 unspecified atom stereocenters. The molecular weight excluding hydrogens is 241 g/mol. The first-order valence-corrected chi connectivity index (χ1v) is 7.14. The Morgan fingerprint density at radius 2 is 2.06 bits per heavy atom. The van der Waals surface area contributed by atoms with Gasteiger partial charge >= 0.3 is 0 Å². The molecule has 1 aliphatic rings. The second-order valence-electron chi connectivity index (χ2n) is 4.67. The van der Waals surface area contributed by atoms with Gasteiger partial charge in [-0.15, -0.1) is 0 Å². The van der Waals surface area contributed by atoms with Crippen LogP contribution in [0.4, 0.5) is 4.39 Å². The second kappa shape index (κ2) is 4.07. The molecule has 0 heterocycles. The molecule has 1 saturated carbocycles. The van der Waals surface area contributed by atoms with Crippen molar-refractivity contribution in [1.82, 2.24) is 0 Å². The molecule has 0 radical (unpaired) electrons. The monoisotopic (exact) mass is 257 g/mol. The number of halogens is 1. The maximum atomic E-state index is 13.1. The minimum Gasteiger partial charge on any atom is -0.327 e. The van der Waals surface area contributed by atoms with Gasteiger partial charge in [-0.25, -0.2) is 12.8 Å². The van der Waals surface area contributed by atoms with Crippen molar-refractivity contribution in [1.29, 1.82) is 0 Å². The van der Waals surface area contributed by atoms with Crippen LogP contribution in [0.2, 0.25) is 0 Å². The van der Waals surface area contributed by atoms with Gasteiger partial charge in [0.15, 0.2) is 9.84 Å². The fourth-order valence-electron chi connectivity index (χ4n) is 2.36. The Kier molecular flexibility index (Phi) is 2.99. The maximum absolute atomic E-state index is 13.1. The highest BCUT2D eigenvalue weighted by Gasteiger charge is 2.52. The van der Waals surface area contributed by atoms with Crippen LogP contribution in [0.1, 0.15) is 26.2 Å². The largest absolute Gasteiger partial charge is 0.327 e.